The van der Waals surface area contributed by atoms with E-state index in [0.717, 1.165) is 25.4 Å². The maximum absolute atomic E-state index is 5.21. The minimum atomic E-state index is 0.468. The van der Waals surface area contributed by atoms with Crippen molar-refractivity contribution >= 4 is 0 Å². The molecular weight excluding hydrogens is 224 g/mol. The fraction of sp³-hybridized carbons (Fsp3) is 0.600. The molecule has 0 amide bonds. The van der Waals surface area contributed by atoms with Crippen molar-refractivity contribution in [2.45, 2.75) is 33.4 Å². The smallest absolute Gasteiger partial charge is 0.119 e. The molecule has 0 radical (unpaired) electrons. The van der Waals surface area contributed by atoms with Crippen molar-refractivity contribution in [3.05, 3.63) is 29.8 Å². The summed E-state index contributed by atoms with van der Waals surface area (Å²) in [5.41, 5.74) is 1.25. The second-order valence-corrected chi connectivity index (χ2v) is 5.19. The Morgan fingerprint density at radius 3 is 2.61 bits per heavy atom. The molecule has 0 bridgehead atoms. The molecule has 0 aromatic heterocycles. The summed E-state index contributed by atoms with van der Waals surface area (Å²) in [7, 11) is 1.70. The molecule has 102 valence electrons. The minimum absolute atomic E-state index is 0.468. The van der Waals surface area contributed by atoms with Crippen LogP contribution in [0.25, 0.3) is 0 Å². The third-order valence-electron chi connectivity index (χ3n) is 2.79. The Kier molecular flexibility index (Phi) is 6.76. The van der Waals surface area contributed by atoms with Gasteiger partial charge in [-0.3, -0.25) is 0 Å². The van der Waals surface area contributed by atoms with E-state index < -0.39 is 0 Å². The zero-order valence-electron chi connectivity index (χ0n) is 12.0. The molecule has 0 fully saturated rings. The summed E-state index contributed by atoms with van der Waals surface area (Å²) >= 11 is 0. The lowest BCUT2D eigenvalue weighted by molar-refractivity contribution is 0.413. The number of hydrogen-bond donors (Lipinski definition) is 2. The zero-order valence-corrected chi connectivity index (χ0v) is 12.0. The van der Waals surface area contributed by atoms with Gasteiger partial charge in [-0.15, -0.1) is 0 Å². The van der Waals surface area contributed by atoms with Crippen LogP contribution in [0.1, 0.15) is 26.3 Å². The van der Waals surface area contributed by atoms with E-state index in [1.54, 1.807) is 7.11 Å². The monoisotopic (exact) mass is 250 g/mol. The van der Waals surface area contributed by atoms with Crippen LogP contribution in [0.15, 0.2) is 24.3 Å². The van der Waals surface area contributed by atoms with Gasteiger partial charge in [-0.25, -0.2) is 0 Å². The van der Waals surface area contributed by atoms with Gasteiger partial charge in [0.2, 0.25) is 0 Å². The predicted octanol–water partition coefficient (Wildman–Crippen LogP) is 2.42. The SMILES string of the molecule is COc1cccc(CNC(C)CNCC(C)C)c1. The van der Waals surface area contributed by atoms with Crippen LogP contribution >= 0.6 is 0 Å². The number of ether oxygens (including phenoxy) is 1. The van der Waals surface area contributed by atoms with Crippen LogP contribution in [0.4, 0.5) is 0 Å². The first-order valence-corrected chi connectivity index (χ1v) is 6.69. The molecule has 0 aliphatic rings. The summed E-state index contributed by atoms with van der Waals surface area (Å²) in [4.78, 5) is 0. The van der Waals surface area contributed by atoms with E-state index >= 15 is 0 Å². The fourth-order valence-corrected chi connectivity index (χ4v) is 1.74. The van der Waals surface area contributed by atoms with Gasteiger partial charge in [0, 0.05) is 19.1 Å². The first-order chi connectivity index (χ1) is 8.61. The van der Waals surface area contributed by atoms with Gasteiger partial charge >= 0.3 is 0 Å². The van der Waals surface area contributed by atoms with E-state index in [1.165, 1.54) is 5.56 Å². The highest BCUT2D eigenvalue weighted by molar-refractivity contribution is 5.28. The largest absolute Gasteiger partial charge is 0.497 e. The zero-order chi connectivity index (χ0) is 13.4. The van der Waals surface area contributed by atoms with Crippen molar-refractivity contribution in [1.82, 2.24) is 10.6 Å². The summed E-state index contributed by atoms with van der Waals surface area (Å²) in [6, 6.07) is 8.65. The third kappa shape index (κ3) is 6.03. The Morgan fingerprint density at radius 2 is 1.94 bits per heavy atom. The molecule has 3 nitrogen and oxygen atoms in total. The van der Waals surface area contributed by atoms with Crippen molar-refractivity contribution < 1.29 is 4.74 Å². The molecule has 1 aromatic rings. The summed E-state index contributed by atoms with van der Waals surface area (Å²) in [5, 5.41) is 6.96. The Bertz CT molecular complexity index is 339. The fourth-order valence-electron chi connectivity index (χ4n) is 1.74. The second-order valence-electron chi connectivity index (χ2n) is 5.19. The first-order valence-electron chi connectivity index (χ1n) is 6.69. The van der Waals surface area contributed by atoms with Gasteiger partial charge in [0.1, 0.15) is 5.75 Å². The maximum Gasteiger partial charge on any atom is 0.119 e. The Morgan fingerprint density at radius 1 is 1.17 bits per heavy atom. The lowest BCUT2D eigenvalue weighted by Gasteiger charge is -2.16. The molecule has 1 unspecified atom stereocenters. The van der Waals surface area contributed by atoms with Crippen molar-refractivity contribution in [2.75, 3.05) is 20.2 Å². The van der Waals surface area contributed by atoms with E-state index in [0.29, 0.717) is 12.0 Å². The molecular formula is C15H26N2O. The van der Waals surface area contributed by atoms with Gasteiger partial charge in [0.25, 0.3) is 0 Å². The molecule has 0 heterocycles. The van der Waals surface area contributed by atoms with Gasteiger partial charge in [-0.1, -0.05) is 26.0 Å². The molecule has 18 heavy (non-hydrogen) atoms. The molecule has 3 heteroatoms. The van der Waals surface area contributed by atoms with E-state index in [-0.39, 0.29) is 0 Å². The lowest BCUT2D eigenvalue weighted by Crippen LogP contribution is -2.37. The summed E-state index contributed by atoms with van der Waals surface area (Å²) < 4.78 is 5.21. The summed E-state index contributed by atoms with van der Waals surface area (Å²) in [5.74, 6) is 1.62. The van der Waals surface area contributed by atoms with Crippen LogP contribution in [0.2, 0.25) is 0 Å². The standard InChI is InChI=1S/C15H26N2O/c1-12(2)9-16-10-13(3)17-11-14-6-5-7-15(8-14)18-4/h5-8,12-13,16-17H,9-11H2,1-4H3. The average molecular weight is 250 g/mol. The van der Waals surface area contributed by atoms with E-state index in [2.05, 4.69) is 43.5 Å². The van der Waals surface area contributed by atoms with Gasteiger partial charge in [-0.05, 0) is 37.1 Å². The quantitative estimate of drug-likeness (QED) is 0.743. The maximum atomic E-state index is 5.21. The number of rotatable bonds is 8. The molecule has 0 saturated heterocycles. The van der Waals surface area contributed by atoms with Crippen LogP contribution in [0, 0.1) is 5.92 Å². The van der Waals surface area contributed by atoms with Crippen LogP contribution in [0.5, 0.6) is 5.75 Å². The van der Waals surface area contributed by atoms with E-state index in [9.17, 15) is 0 Å². The molecule has 0 aliphatic heterocycles. The third-order valence-corrected chi connectivity index (χ3v) is 2.79. The molecule has 0 aliphatic carbocycles. The molecule has 1 rings (SSSR count). The van der Waals surface area contributed by atoms with E-state index in [1.807, 2.05) is 12.1 Å². The Labute approximate surface area is 111 Å². The van der Waals surface area contributed by atoms with Crippen LogP contribution in [-0.2, 0) is 6.54 Å². The first kappa shape index (κ1) is 15.0. The number of hydrogen-bond acceptors (Lipinski definition) is 3. The molecule has 0 spiro atoms. The van der Waals surface area contributed by atoms with Crippen molar-refractivity contribution in [3.63, 3.8) is 0 Å². The highest BCUT2D eigenvalue weighted by atomic mass is 16.5. The topological polar surface area (TPSA) is 33.3 Å². The molecule has 1 atom stereocenters. The Hall–Kier alpha value is -1.06. The van der Waals surface area contributed by atoms with Crippen molar-refractivity contribution in [1.29, 1.82) is 0 Å². The minimum Gasteiger partial charge on any atom is -0.497 e. The summed E-state index contributed by atoms with van der Waals surface area (Å²) in [6.45, 7) is 9.60. The predicted molar refractivity (Wildman–Crippen MR) is 77.0 cm³/mol. The molecule has 2 N–H and O–H groups in total. The number of benzene rings is 1. The highest BCUT2D eigenvalue weighted by Crippen LogP contribution is 2.12. The number of nitrogens with one attached hydrogen (secondary N) is 2. The molecule has 1 aromatic carbocycles. The average Bonchev–Trinajstić information content (AvgIpc) is 2.36. The summed E-state index contributed by atoms with van der Waals surface area (Å²) in [6.07, 6.45) is 0. The van der Waals surface area contributed by atoms with Crippen molar-refractivity contribution in [3.8, 4) is 5.75 Å². The van der Waals surface area contributed by atoms with Gasteiger partial charge in [0.15, 0.2) is 0 Å². The van der Waals surface area contributed by atoms with Gasteiger partial charge in [0.05, 0.1) is 7.11 Å². The highest BCUT2D eigenvalue weighted by Gasteiger charge is 2.02. The van der Waals surface area contributed by atoms with E-state index in [4.69, 9.17) is 4.74 Å². The van der Waals surface area contributed by atoms with Crippen LogP contribution in [0.3, 0.4) is 0 Å². The van der Waals surface area contributed by atoms with Gasteiger partial charge < -0.3 is 15.4 Å². The second kappa shape index (κ2) is 8.11. The van der Waals surface area contributed by atoms with Crippen LogP contribution < -0.4 is 15.4 Å². The van der Waals surface area contributed by atoms with Crippen molar-refractivity contribution in [2.24, 2.45) is 5.92 Å². The molecule has 0 saturated carbocycles. The normalized spacial score (nSPS) is 12.7. The van der Waals surface area contributed by atoms with Crippen LogP contribution in [-0.4, -0.2) is 26.2 Å². The Balaban J connectivity index is 2.26. The number of methoxy groups -OCH3 is 1. The lowest BCUT2D eigenvalue weighted by atomic mass is 10.2. The van der Waals surface area contributed by atoms with Gasteiger partial charge in [-0.2, -0.15) is 0 Å².